The molecule has 0 saturated carbocycles. The average molecular weight is 530 g/mol. The highest BCUT2D eigenvalue weighted by Gasteiger charge is 2.42. The number of halogens is 1. The van der Waals surface area contributed by atoms with Crippen molar-refractivity contribution in [1.82, 2.24) is 14.9 Å². The third-order valence-corrected chi connectivity index (χ3v) is 7.31. The van der Waals surface area contributed by atoms with Crippen LogP contribution in [0.5, 0.6) is 0 Å². The molecule has 2 atom stereocenters. The molecular weight excluding hydrogens is 502 g/mol. The third kappa shape index (κ3) is 4.72. The lowest BCUT2D eigenvalue weighted by atomic mass is 9.96. The first-order valence-corrected chi connectivity index (χ1v) is 12.9. The van der Waals surface area contributed by atoms with Crippen LogP contribution in [0.15, 0.2) is 72.9 Å². The van der Waals surface area contributed by atoms with Gasteiger partial charge in [-0.05, 0) is 98.7 Å². The zero-order valence-corrected chi connectivity index (χ0v) is 22.7. The van der Waals surface area contributed by atoms with Crippen LogP contribution in [0.2, 0.25) is 5.02 Å². The molecule has 0 unspecified atom stereocenters. The molecule has 188 valence electrons. The smallest absolute Gasteiger partial charge is 0.221 e. The van der Waals surface area contributed by atoms with E-state index in [4.69, 9.17) is 23.8 Å². The second-order valence-electron chi connectivity index (χ2n) is 9.32. The number of amides is 1. The zero-order valence-electron chi connectivity index (χ0n) is 21.1. The van der Waals surface area contributed by atoms with Gasteiger partial charge in [0.2, 0.25) is 5.91 Å². The largest absolute Gasteiger partial charge is 0.351 e. The van der Waals surface area contributed by atoms with Crippen molar-refractivity contribution < 1.29 is 4.79 Å². The summed E-state index contributed by atoms with van der Waals surface area (Å²) in [7, 11) is 0. The fourth-order valence-corrected chi connectivity index (χ4v) is 5.65. The Morgan fingerprint density at radius 3 is 2.49 bits per heavy atom. The second-order valence-corrected chi connectivity index (χ2v) is 10.1. The lowest BCUT2D eigenvalue weighted by molar-refractivity contribution is -0.114. The maximum Gasteiger partial charge on any atom is 0.221 e. The van der Waals surface area contributed by atoms with E-state index >= 15 is 0 Å². The molecular formula is C29H28ClN5OS. The highest BCUT2D eigenvalue weighted by Crippen LogP contribution is 2.44. The molecule has 5 rings (SSSR count). The van der Waals surface area contributed by atoms with Gasteiger partial charge in [-0.25, -0.2) is 0 Å². The number of anilines is 2. The van der Waals surface area contributed by atoms with E-state index in [0.29, 0.717) is 10.1 Å². The van der Waals surface area contributed by atoms with Gasteiger partial charge < -0.3 is 20.1 Å². The van der Waals surface area contributed by atoms with Crippen LogP contribution in [0, 0.1) is 20.8 Å². The first-order valence-electron chi connectivity index (χ1n) is 12.1. The molecule has 1 amide bonds. The Balaban J connectivity index is 1.65. The van der Waals surface area contributed by atoms with E-state index in [1.807, 2.05) is 60.7 Å². The van der Waals surface area contributed by atoms with Crippen molar-refractivity contribution in [2.75, 3.05) is 10.2 Å². The van der Waals surface area contributed by atoms with E-state index in [1.165, 1.54) is 6.92 Å². The van der Waals surface area contributed by atoms with Gasteiger partial charge in [-0.15, -0.1) is 0 Å². The topological polar surface area (TPSA) is 62.2 Å². The van der Waals surface area contributed by atoms with Gasteiger partial charge in [0.05, 0.1) is 17.8 Å². The van der Waals surface area contributed by atoms with Gasteiger partial charge >= 0.3 is 0 Å². The van der Waals surface area contributed by atoms with E-state index < -0.39 is 0 Å². The minimum atomic E-state index is -0.155. The van der Waals surface area contributed by atoms with Crippen LogP contribution in [-0.4, -0.2) is 20.6 Å². The average Bonchev–Trinajstić information content (AvgIpc) is 3.36. The van der Waals surface area contributed by atoms with Crippen molar-refractivity contribution in [3.63, 3.8) is 0 Å². The summed E-state index contributed by atoms with van der Waals surface area (Å²) in [5, 5.41) is 7.68. The normalized spacial score (nSPS) is 17.1. The van der Waals surface area contributed by atoms with E-state index in [2.05, 4.69) is 51.9 Å². The van der Waals surface area contributed by atoms with Crippen LogP contribution in [0.4, 0.5) is 11.4 Å². The molecule has 1 aliphatic rings. The standard InChI is InChI=1S/C29H28ClN5OS/c1-17-8-9-21(30)16-26(17)34-18(2)15-24(19(34)3)28-27(25-7-5-6-14-31-25)33-29(37)35(28)23-12-10-22(11-13-23)32-20(4)36/h5-16,27-28H,1-4H3,(H,32,36)(H,33,37)/t27-,28+/m0/s1. The molecule has 8 heteroatoms. The fraction of sp³-hybridized carbons (Fsp3) is 0.207. The third-order valence-electron chi connectivity index (χ3n) is 6.76. The number of pyridine rings is 1. The summed E-state index contributed by atoms with van der Waals surface area (Å²) in [6, 6.07) is 21.6. The van der Waals surface area contributed by atoms with Crippen LogP contribution >= 0.6 is 23.8 Å². The van der Waals surface area contributed by atoms with Crippen LogP contribution < -0.4 is 15.5 Å². The summed E-state index contributed by atoms with van der Waals surface area (Å²) in [6.07, 6.45) is 1.81. The van der Waals surface area contributed by atoms with Crippen LogP contribution in [0.25, 0.3) is 5.69 Å². The summed E-state index contributed by atoms with van der Waals surface area (Å²) in [4.78, 5) is 18.3. The van der Waals surface area contributed by atoms with Gasteiger partial charge in [0.1, 0.15) is 0 Å². The number of aryl methyl sites for hydroxylation is 2. The molecule has 0 radical (unpaired) electrons. The first kappa shape index (κ1) is 25.0. The number of rotatable bonds is 5. The molecule has 3 heterocycles. The number of carbonyl (C=O) groups excluding carboxylic acids is 1. The number of nitrogens with one attached hydrogen (secondary N) is 2. The lowest BCUT2D eigenvalue weighted by Crippen LogP contribution is -2.29. The number of thiocarbonyl (C=S) groups is 1. The van der Waals surface area contributed by atoms with Crippen LogP contribution in [0.1, 0.15) is 47.2 Å². The quantitative estimate of drug-likeness (QED) is 0.286. The minimum absolute atomic E-state index is 0.108. The fourth-order valence-electron chi connectivity index (χ4n) is 5.14. The molecule has 2 aromatic carbocycles. The number of carbonyl (C=O) groups is 1. The predicted molar refractivity (Wildman–Crippen MR) is 154 cm³/mol. The Kier molecular flexibility index (Phi) is 6.75. The highest BCUT2D eigenvalue weighted by atomic mass is 35.5. The molecule has 0 spiro atoms. The van der Waals surface area contributed by atoms with Crippen LogP contribution in [-0.2, 0) is 4.79 Å². The summed E-state index contributed by atoms with van der Waals surface area (Å²) in [5.41, 5.74) is 8.14. The van der Waals surface area contributed by atoms with Crippen molar-refractivity contribution in [2.24, 2.45) is 0 Å². The molecule has 37 heavy (non-hydrogen) atoms. The molecule has 1 fully saturated rings. The maximum atomic E-state index is 11.5. The van der Waals surface area contributed by atoms with Crippen molar-refractivity contribution in [3.8, 4) is 5.69 Å². The molecule has 1 aliphatic heterocycles. The van der Waals surface area contributed by atoms with Gasteiger partial charge in [0.15, 0.2) is 5.11 Å². The van der Waals surface area contributed by atoms with Gasteiger partial charge in [-0.1, -0.05) is 23.7 Å². The molecule has 4 aromatic rings. The number of aromatic nitrogens is 2. The maximum absolute atomic E-state index is 11.5. The Hall–Kier alpha value is -3.68. The molecule has 2 aromatic heterocycles. The molecule has 1 saturated heterocycles. The summed E-state index contributed by atoms with van der Waals surface area (Å²) in [6.45, 7) is 7.84. The van der Waals surface area contributed by atoms with Gasteiger partial charge in [0, 0.05) is 46.6 Å². The predicted octanol–water partition coefficient (Wildman–Crippen LogP) is 6.59. The molecule has 0 aliphatic carbocycles. The monoisotopic (exact) mass is 529 g/mol. The summed E-state index contributed by atoms with van der Waals surface area (Å²) < 4.78 is 2.26. The number of nitrogens with zero attached hydrogens (tertiary/aromatic N) is 3. The first-order chi connectivity index (χ1) is 17.7. The lowest BCUT2D eigenvalue weighted by Gasteiger charge is -2.28. The SMILES string of the molecule is CC(=O)Nc1ccc(N2C(=S)N[C@@H](c3ccccn3)[C@H]2c2cc(C)n(-c3cc(Cl)ccc3C)c2C)cc1. The molecule has 2 N–H and O–H groups in total. The van der Waals surface area contributed by atoms with Crippen molar-refractivity contribution >= 4 is 46.2 Å². The van der Waals surface area contributed by atoms with Crippen LogP contribution in [0.3, 0.4) is 0 Å². The van der Waals surface area contributed by atoms with Crippen molar-refractivity contribution in [1.29, 1.82) is 0 Å². The number of hydrogen-bond donors (Lipinski definition) is 2. The zero-order chi connectivity index (χ0) is 26.3. The van der Waals surface area contributed by atoms with Gasteiger partial charge in [-0.3, -0.25) is 9.78 Å². The molecule has 6 nitrogen and oxygen atoms in total. The number of hydrogen-bond acceptors (Lipinski definition) is 3. The molecule has 0 bridgehead atoms. The Morgan fingerprint density at radius 2 is 1.81 bits per heavy atom. The summed E-state index contributed by atoms with van der Waals surface area (Å²) >= 11 is 12.3. The van der Waals surface area contributed by atoms with E-state index in [-0.39, 0.29) is 18.0 Å². The van der Waals surface area contributed by atoms with Crippen molar-refractivity contribution in [2.45, 2.75) is 39.8 Å². The second kappa shape index (κ2) is 10.00. The highest BCUT2D eigenvalue weighted by molar-refractivity contribution is 7.80. The Bertz CT molecular complexity index is 1480. The van der Waals surface area contributed by atoms with E-state index in [1.54, 1.807) is 6.20 Å². The van der Waals surface area contributed by atoms with Crippen molar-refractivity contribution in [3.05, 3.63) is 106 Å². The Morgan fingerprint density at radius 1 is 1.05 bits per heavy atom. The van der Waals surface area contributed by atoms with Gasteiger partial charge in [-0.2, -0.15) is 0 Å². The van der Waals surface area contributed by atoms with E-state index in [0.717, 1.165) is 45.3 Å². The van der Waals surface area contributed by atoms with E-state index in [9.17, 15) is 4.79 Å². The summed E-state index contributed by atoms with van der Waals surface area (Å²) in [5.74, 6) is -0.108. The Labute approximate surface area is 227 Å². The van der Waals surface area contributed by atoms with Gasteiger partial charge in [0.25, 0.3) is 0 Å². The number of benzene rings is 2. The minimum Gasteiger partial charge on any atom is -0.351 e.